The Hall–Kier alpha value is -0.120. The molecule has 1 atom stereocenters. The zero-order valence-corrected chi connectivity index (χ0v) is 9.05. The maximum Gasteiger partial charge on any atom is 0.0588 e. The van der Waals surface area contributed by atoms with Crippen LogP contribution in [0.5, 0.6) is 0 Å². The van der Waals surface area contributed by atoms with Crippen molar-refractivity contribution in [3.63, 3.8) is 0 Å². The molecule has 2 aliphatic rings. The van der Waals surface area contributed by atoms with Gasteiger partial charge in [0, 0.05) is 18.6 Å². The van der Waals surface area contributed by atoms with Crippen LogP contribution in [-0.4, -0.2) is 39.0 Å². The van der Waals surface area contributed by atoms with Crippen LogP contribution in [0.1, 0.15) is 26.2 Å². The Bertz CT molecular complexity index is 174. The van der Waals surface area contributed by atoms with Crippen molar-refractivity contribution in [1.29, 1.82) is 0 Å². The molecule has 0 aliphatic carbocycles. The van der Waals surface area contributed by atoms with Gasteiger partial charge in [0.1, 0.15) is 0 Å². The van der Waals surface area contributed by atoms with Crippen molar-refractivity contribution in [2.24, 2.45) is 5.41 Å². The van der Waals surface area contributed by atoms with E-state index in [1.165, 1.54) is 12.8 Å². The van der Waals surface area contributed by atoms with Gasteiger partial charge in [-0.15, -0.1) is 0 Å². The minimum absolute atomic E-state index is 0.399. The summed E-state index contributed by atoms with van der Waals surface area (Å²) < 4.78 is 10.8. The fourth-order valence-corrected chi connectivity index (χ4v) is 2.08. The number of hydrogen-bond donors (Lipinski definition) is 1. The predicted molar refractivity (Wildman–Crippen MR) is 55.4 cm³/mol. The summed E-state index contributed by atoms with van der Waals surface area (Å²) in [7, 11) is 0. The lowest BCUT2D eigenvalue weighted by Gasteiger charge is -2.38. The van der Waals surface area contributed by atoms with Gasteiger partial charge in [0.05, 0.1) is 19.3 Å². The lowest BCUT2D eigenvalue weighted by atomic mass is 9.89. The van der Waals surface area contributed by atoms with Crippen molar-refractivity contribution >= 4 is 0 Å². The minimum atomic E-state index is 0.399. The molecule has 0 bridgehead atoms. The predicted octanol–water partition coefficient (Wildman–Crippen LogP) is 1.18. The smallest absolute Gasteiger partial charge is 0.0588 e. The maximum absolute atomic E-state index is 5.56. The molecule has 0 radical (unpaired) electrons. The van der Waals surface area contributed by atoms with Crippen molar-refractivity contribution in [3.8, 4) is 0 Å². The van der Waals surface area contributed by atoms with Gasteiger partial charge in [0.15, 0.2) is 0 Å². The first-order valence-corrected chi connectivity index (χ1v) is 5.69. The average Bonchev–Trinajstić information content (AvgIpc) is 2.62. The van der Waals surface area contributed by atoms with Crippen LogP contribution in [0.2, 0.25) is 0 Å². The van der Waals surface area contributed by atoms with Crippen LogP contribution in [0.3, 0.4) is 0 Å². The molecular formula is C11H21NO2. The van der Waals surface area contributed by atoms with Gasteiger partial charge in [-0.05, 0) is 25.8 Å². The summed E-state index contributed by atoms with van der Waals surface area (Å²) in [6.45, 7) is 7.24. The number of rotatable bonds is 5. The highest BCUT2D eigenvalue weighted by atomic mass is 16.5. The summed E-state index contributed by atoms with van der Waals surface area (Å²) in [5.41, 5.74) is 0.399. The Morgan fingerprint density at radius 2 is 2.29 bits per heavy atom. The second-order valence-electron chi connectivity index (χ2n) is 4.90. The Morgan fingerprint density at radius 3 is 2.86 bits per heavy atom. The summed E-state index contributed by atoms with van der Waals surface area (Å²) in [6, 6.07) is 0. The molecule has 2 heterocycles. The van der Waals surface area contributed by atoms with E-state index in [0.717, 1.165) is 39.3 Å². The topological polar surface area (TPSA) is 30.5 Å². The van der Waals surface area contributed by atoms with E-state index < -0.39 is 0 Å². The molecule has 0 saturated carbocycles. The largest absolute Gasteiger partial charge is 0.380 e. The molecule has 2 fully saturated rings. The second-order valence-corrected chi connectivity index (χ2v) is 4.90. The molecule has 82 valence electrons. The van der Waals surface area contributed by atoms with Crippen LogP contribution in [0.25, 0.3) is 0 Å². The van der Waals surface area contributed by atoms with Gasteiger partial charge < -0.3 is 14.8 Å². The maximum atomic E-state index is 5.56. The van der Waals surface area contributed by atoms with Gasteiger partial charge in [-0.1, -0.05) is 6.92 Å². The van der Waals surface area contributed by atoms with E-state index in [1.54, 1.807) is 0 Å². The quantitative estimate of drug-likeness (QED) is 0.674. The molecule has 0 aromatic carbocycles. The van der Waals surface area contributed by atoms with Crippen LogP contribution in [0.15, 0.2) is 0 Å². The zero-order valence-electron chi connectivity index (χ0n) is 9.05. The van der Waals surface area contributed by atoms with E-state index in [1.807, 2.05) is 0 Å². The molecule has 1 N–H and O–H groups in total. The molecule has 0 aromatic heterocycles. The average molecular weight is 199 g/mol. The Balaban J connectivity index is 1.50. The van der Waals surface area contributed by atoms with E-state index >= 15 is 0 Å². The normalized spacial score (nSPS) is 30.2. The molecule has 0 aromatic rings. The SMILES string of the molecule is CC1(CNCCC2CCCO2)COC1. The Morgan fingerprint density at radius 1 is 1.43 bits per heavy atom. The molecule has 2 saturated heterocycles. The van der Waals surface area contributed by atoms with Crippen molar-refractivity contribution in [3.05, 3.63) is 0 Å². The standard InChI is InChI=1S/C11H21NO2/c1-11(8-13-9-11)7-12-5-4-10-3-2-6-14-10/h10,12H,2-9H2,1H3. The van der Waals surface area contributed by atoms with Gasteiger partial charge in [-0.2, -0.15) is 0 Å². The van der Waals surface area contributed by atoms with Crippen molar-refractivity contribution in [2.45, 2.75) is 32.3 Å². The van der Waals surface area contributed by atoms with E-state index in [2.05, 4.69) is 12.2 Å². The van der Waals surface area contributed by atoms with E-state index in [0.29, 0.717) is 11.5 Å². The van der Waals surface area contributed by atoms with E-state index in [-0.39, 0.29) is 0 Å². The Kier molecular flexibility index (Phi) is 3.42. The van der Waals surface area contributed by atoms with Crippen molar-refractivity contribution < 1.29 is 9.47 Å². The fourth-order valence-electron chi connectivity index (χ4n) is 2.08. The monoisotopic (exact) mass is 199 g/mol. The van der Waals surface area contributed by atoms with Gasteiger partial charge in [0.2, 0.25) is 0 Å². The minimum Gasteiger partial charge on any atom is -0.380 e. The number of hydrogen-bond acceptors (Lipinski definition) is 3. The van der Waals surface area contributed by atoms with Crippen LogP contribution in [0.4, 0.5) is 0 Å². The number of ether oxygens (including phenoxy) is 2. The summed E-state index contributed by atoms with van der Waals surface area (Å²) in [5.74, 6) is 0. The van der Waals surface area contributed by atoms with Gasteiger partial charge in [-0.3, -0.25) is 0 Å². The van der Waals surface area contributed by atoms with E-state index in [9.17, 15) is 0 Å². The lowest BCUT2D eigenvalue weighted by molar-refractivity contribution is -0.0991. The highest BCUT2D eigenvalue weighted by molar-refractivity contribution is 4.83. The molecule has 3 heteroatoms. The zero-order chi connectivity index (χ0) is 9.86. The first-order chi connectivity index (χ1) is 6.79. The second kappa shape index (κ2) is 4.60. The molecule has 0 spiro atoms. The highest BCUT2D eigenvalue weighted by Crippen LogP contribution is 2.25. The molecular weight excluding hydrogens is 178 g/mol. The summed E-state index contributed by atoms with van der Waals surface area (Å²) in [4.78, 5) is 0. The van der Waals surface area contributed by atoms with Gasteiger partial charge in [-0.25, -0.2) is 0 Å². The van der Waals surface area contributed by atoms with Gasteiger partial charge >= 0.3 is 0 Å². The van der Waals surface area contributed by atoms with Crippen LogP contribution >= 0.6 is 0 Å². The summed E-state index contributed by atoms with van der Waals surface area (Å²) in [6.07, 6.45) is 4.18. The van der Waals surface area contributed by atoms with Crippen LogP contribution < -0.4 is 5.32 Å². The third-order valence-corrected chi connectivity index (χ3v) is 3.12. The lowest BCUT2D eigenvalue weighted by Crippen LogP contribution is -2.47. The summed E-state index contributed by atoms with van der Waals surface area (Å²) in [5, 5.41) is 3.49. The van der Waals surface area contributed by atoms with Gasteiger partial charge in [0.25, 0.3) is 0 Å². The Labute approximate surface area is 86.2 Å². The molecule has 14 heavy (non-hydrogen) atoms. The molecule has 1 unspecified atom stereocenters. The van der Waals surface area contributed by atoms with Crippen LogP contribution in [0, 0.1) is 5.41 Å². The molecule has 2 rings (SSSR count). The van der Waals surface area contributed by atoms with Crippen molar-refractivity contribution in [1.82, 2.24) is 5.32 Å². The first-order valence-electron chi connectivity index (χ1n) is 5.69. The van der Waals surface area contributed by atoms with Crippen LogP contribution in [-0.2, 0) is 9.47 Å². The first kappa shape index (κ1) is 10.4. The van der Waals surface area contributed by atoms with E-state index in [4.69, 9.17) is 9.47 Å². The third kappa shape index (κ3) is 2.69. The third-order valence-electron chi connectivity index (χ3n) is 3.12. The molecule has 2 aliphatic heterocycles. The molecule has 0 amide bonds. The summed E-state index contributed by atoms with van der Waals surface area (Å²) >= 11 is 0. The van der Waals surface area contributed by atoms with Crippen molar-refractivity contribution in [2.75, 3.05) is 32.9 Å². The highest BCUT2D eigenvalue weighted by Gasteiger charge is 2.32. The molecule has 3 nitrogen and oxygen atoms in total. The fraction of sp³-hybridized carbons (Fsp3) is 1.00. The number of nitrogens with one attached hydrogen (secondary N) is 1.